The average Bonchev–Trinajstić information content (AvgIpc) is 2.24. The van der Waals surface area contributed by atoms with Crippen molar-refractivity contribution in [2.75, 3.05) is 13.6 Å². The third kappa shape index (κ3) is 3.14. The lowest BCUT2D eigenvalue weighted by atomic mass is 10.2. The van der Waals surface area contributed by atoms with Crippen LogP contribution in [-0.4, -0.2) is 29.7 Å². The van der Waals surface area contributed by atoms with Gasteiger partial charge in [-0.3, -0.25) is 4.79 Å². The minimum absolute atomic E-state index is 0.130. The second-order valence-corrected chi connectivity index (χ2v) is 3.06. The average molecular weight is 210 g/mol. The van der Waals surface area contributed by atoms with E-state index in [1.165, 1.54) is 6.07 Å². The summed E-state index contributed by atoms with van der Waals surface area (Å²) >= 11 is 0. The van der Waals surface area contributed by atoms with Crippen molar-refractivity contribution in [1.29, 1.82) is 0 Å². The van der Waals surface area contributed by atoms with Gasteiger partial charge in [0, 0.05) is 19.2 Å². The van der Waals surface area contributed by atoms with Crippen molar-refractivity contribution in [2.24, 2.45) is 0 Å². The summed E-state index contributed by atoms with van der Waals surface area (Å²) in [7, 11) is 1.55. The molecule has 0 aliphatic heterocycles. The molecule has 0 atom stereocenters. The lowest BCUT2D eigenvalue weighted by molar-refractivity contribution is -0.119. The minimum Gasteiger partial charge on any atom is -0.504 e. The van der Waals surface area contributed by atoms with E-state index in [2.05, 4.69) is 10.6 Å². The number of carbonyl (C=O) groups excluding carboxylic acids is 1. The lowest BCUT2D eigenvalue weighted by Crippen LogP contribution is -2.30. The van der Waals surface area contributed by atoms with Crippen LogP contribution in [0.4, 0.5) is 0 Å². The molecule has 1 aromatic rings. The Kier molecular flexibility index (Phi) is 3.93. The molecule has 0 unspecified atom stereocenters. The van der Waals surface area contributed by atoms with E-state index in [1.54, 1.807) is 19.2 Å². The number of hydrogen-bond donors (Lipinski definition) is 4. The third-order valence-electron chi connectivity index (χ3n) is 1.98. The molecule has 0 spiro atoms. The first-order chi connectivity index (χ1) is 7.15. The zero-order valence-electron chi connectivity index (χ0n) is 8.45. The van der Waals surface area contributed by atoms with E-state index in [1.807, 2.05) is 0 Å². The maximum absolute atomic E-state index is 10.9. The zero-order valence-corrected chi connectivity index (χ0v) is 8.45. The highest BCUT2D eigenvalue weighted by atomic mass is 16.3. The Morgan fingerprint density at radius 3 is 2.80 bits per heavy atom. The van der Waals surface area contributed by atoms with Gasteiger partial charge in [-0.05, 0) is 6.07 Å². The summed E-state index contributed by atoms with van der Waals surface area (Å²) in [6.07, 6.45) is 0. The summed E-state index contributed by atoms with van der Waals surface area (Å²) < 4.78 is 0. The van der Waals surface area contributed by atoms with Crippen LogP contribution in [0.5, 0.6) is 11.5 Å². The van der Waals surface area contributed by atoms with Crippen LogP contribution in [0.25, 0.3) is 0 Å². The Labute approximate surface area is 87.7 Å². The van der Waals surface area contributed by atoms with Gasteiger partial charge in [0.1, 0.15) is 0 Å². The van der Waals surface area contributed by atoms with E-state index in [-0.39, 0.29) is 24.0 Å². The molecule has 0 bridgehead atoms. The maximum Gasteiger partial charge on any atom is 0.233 e. The smallest absolute Gasteiger partial charge is 0.233 e. The van der Waals surface area contributed by atoms with Crippen molar-refractivity contribution < 1.29 is 15.0 Å². The molecule has 0 heterocycles. The minimum atomic E-state index is -0.158. The first kappa shape index (κ1) is 11.3. The number of benzene rings is 1. The van der Waals surface area contributed by atoms with E-state index >= 15 is 0 Å². The van der Waals surface area contributed by atoms with E-state index < -0.39 is 0 Å². The molecule has 15 heavy (non-hydrogen) atoms. The van der Waals surface area contributed by atoms with Gasteiger partial charge in [-0.1, -0.05) is 12.1 Å². The summed E-state index contributed by atoms with van der Waals surface area (Å²) in [4.78, 5) is 10.9. The lowest BCUT2D eigenvalue weighted by Gasteiger charge is -2.07. The Morgan fingerprint density at radius 1 is 1.40 bits per heavy atom. The Bertz CT molecular complexity index is 353. The fraction of sp³-hybridized carbons (Fsp3) is 0.300. The standard InChI is InChI=1S/C10H14N2O3/c1-11-9(14)6-12-5-7-3-2-4-8(13)10(7)15/h2-4,12-13,15H,5-6H2,1H3,(H,11,14). The number of nitrogens with one attached hydrogen (secondary N) is 2. The Morgan fingerprint density at radius 2 is 2.13 bits per heavy atom. The van der Waals surface area contributed by atoms with E-state index in [9.17, 15) is 15.0 Å². The fourth-order valence-electron chi connectivity index (χ4n) is 1.12. The summed E-state index contributed by atoms with van der Waals surface area (Å²) in [6, 6.07) is 4.70. The monoisotopic (exact) mass is 210 g/mol. The third-order valence-corrected chi connectivity index (χ3v) is 1.98. The number of phenols is 2. The van der Waals surface area contributed by atoms with Crippen molar-refractivity contribution in [2.45, 2.75) is 6.54 Å². The highest BCUT2D eigenvalue weighted by Gasteiger charge is 2.05. The SMILES string of the molecule is CNC(=O)CNCc1cccc(O)c1O. The molecule has 82 valence electrons. The number of aromatic hydroxyl groups is 2. The molecule has 0 saturated carbocycles. The van der Waals surface area contributed by atoms with E-state index in [4.69, 9.17) is 0 Å². The van der Waals surface area contributed by atoms with Crippen LogP contribution in [0.2, 0.25) is 0 Å². The summed E-state index contributed by atoms with van der Waals surface area (Å²) in [6.45, 7) is 0.499. The molecule has 4 N–H and O–H groups in total. The predicted octanol–water partition coefficient (Wildman–Crippen LogP) is -0.0666. The maximum atomic E-state index is 10.9. The Balaban J connectivity index is 2.51. The van der Waals surface area contributed by atoms with Gasteiger partial charge in [-0.2, -0.15) is 0 Å². The van der Waals surface area contributed by atoms with Crippen LogP contribution in [0.1, 0.15) is 5.56 Å². The topological polar surface area (TPSA) is 81.6 Å². The summed E-state index contributed by atoms with van der Waals surface area (Å²) in [5.74, 6) is -0.439. The molecule has 1 amide bonds. The van der Waals surface area contributed by atoms with Crippen LogP contribution in [0.3, 0.4) is 0 Å². The van der Waals surface area contributed by atoms with Crippen LogP contribution >= 0.6 is 0 Å². The highest BCUT2D eigenvalue weighted by Crippen LogP contribution is 2.27. The van der Waals surface area contributed by atoms with Crippen molar-refractivity contribution in [1.82, 2.24) is 10.6 Å². The molecule has 0 aliphatic carbocycles. The molecule has 5 nitrogen and oxygen atoms in total. The predicted molar refractivity (Wildman–Crippen MR) is 55.5 cm³/mol. The van der Waals surface area contributed by atoms with Gasteiger partial charge in [0.15, 0.2) is 11.5 Å². The van der Waals surface area contributed by atoms with Crippen LogP contribution < -0.4 is 10.6 Å². The zero-order chi connectivity index (χ0) is 11.3. The van der Waals surface area contributed by atoms with Gasteiger partial charge in [0.2, 0.25) is 5.91 Å². The van der Waals surface area contributed by atoms with Crippen LogP contribution in [0, 0.1) is 0 Å². The molecular formula is C10H14N2O3. The number of amides is 1. The van der Waals surface area contributed by atoms with Crippen LogP contribution in [-0.2, 0) is 11.3 Å². The number of para-hydroxylation sites is 1. The summed E-state index contributed by atoms with van der Waals surface area (Å²) in [5, 5.41) is 23.9. The fourth-order valence-corrected chi connectivity index (χ4v) is 1.12. The van der Waals surface area contributed by atoms with Gasteiger partial charge in [-0.25, -0.2) is 0 Å². The largest absolute Gasteiger partial charge is 0.504 e. The number of rotatable bonds is 4. The highest BCUT2D eigenvalue weighted by molar-refractivity contribution is 5.77. The van der Waals surface area contributed by atoms with E-state index in [0.29, 0.717) is 12.1 Å². The van der Waals surface area contributed by atoms with Gasteiger partial charge in [-0.15, -0.1) is 0 Å². The second-order valence-electron chi connectivity index (χ2n) is 3.06. The van der Waals surface area contributed by atoms with Crippen molar-refractivity contribution in [3.8, 4) is 11.5 Å². The number of hydrogen-bond acceptors (Lipinski definition) is 4. The molecule has 0 aliphatic rings. The molecule has 5 heteroatoms. The normalized spacial score (nSPS) is 9.93. The van der Waals surface area contributed by atoms with Gasteiger partial charge in [0.05, 0.1) is 6.54 Å². The Hall–Kier alpha value is -1.75. The molecule has 0 saturated heterocycles. The number of carbonyl (C=O) groups is 1. The summed E-state index contributed by atoms with van der Waals surface area (Å²) in [5.41, 5.74) is 0.555. The molecule has 0 fully saturated rings. The van der Waals surface area contributed by atoms with Crippen molar-refractivity contribution >= 4 is 5.91 Å². The molecule has 1 aromatic carbocycles. The first-order valence-electron chi connectivity index (χ1n) is 4.56. The van der Waals surface area contributed by atoms with Gasteiger partial charge in [0.25, 0.3) is 0 Å². The van der Waals surface area contributed by atoms with Crippen molar-refractivity contribution in [3.05, 3.63) is 23.8 Å². The molecule has 0 radical (unpaired) electrons. The van der Waals surface area contributed by atoms with Crippen molar-refractivity contribution in [3.63, 3.8) is 0 Å². The van der Waals surface area contributed by atoms with E-state index in [0.717, 1.165) is 0 Å². The second kappa shape index (κ2) is 5.21. The molecule has 1 rings (SSSR count). The van der Waals surface area contributed by atoms with Gasteiger partial charge < -0.3 is 20.8 Å². The van der Waals surface area contributed by atoms with Crippen LogP contribution in [0.15, 0.2) is 18.2 Å². The number of likely N-dealkylation sites (N-methyl/N-ethyl adjacent to an activating group) is 1. The molecular weight excluding hydrogens is 196 g/mol. The molecule has 0 aromatic heterocycles. The quantitative estimate of drug-likeness (QED) is 0.524. The van der Waals surface area contributed by atoms with Gasteiger partial charge >= 0.3 is 0 Å². The number of phenolic OH excluding ortho intramolecular Hbond substituents is 2. The first-order valence-corrected chi connectivity index (χ1v) is 4.56.